The number of carbonyl (C=O) groups is 2. The van der Waals surface area contributed by atoms with Crippen LogP contribution in [-0.2, 0) is 11.2 Å². The van der Waals surface area contributed by atoms with Gasteiger partial charge in [0.1, 0.15) is 5.75 Å². The van der Waals surface area contributed by atoms with E-state index in [2.05, 4.69) is 17.3 Å². The lowest BCUT2D eigenvalue weighted by Gasteiger charge is -2.32. The van der Waals surface area contributed by atoms with E-state index in [1.165, 1.54) is 0 Å². The molecule has 0 spiro atoms. The first-order valence-corrected chi connectivity index (χ1v) is 9.56. The van der Waals surface area contributed by atoms with Gasteiger partial charge in [-0.15, -0.1) is 0 Å². The van der Waals surface area contributed by atoms with E-state index in [1.54, 1.807) is 25.3 Å². The molecule has 1 heterocycles. The number of likely N-dealkylation sites (N-methyl/N-ethyl adjacent to an activating group) is 1. The minimum atomic E-state index is -0.105. The zero-order valence-electron chi connectivity index (χ0n) is 16.5. The zero-order valence-corrected chi connectivity index (χ0v) is 16.5. The molecule has 2 aromatic carbocycles. The molecule has 1 fully saturated rings. The zero-order chi connectivity index (χ0) is 19.9. The van der Waals surface area contributed by atoms with Gasteiger partial charge in [0, 0.05) is 38.2 Å². The number of carbonyl (C=O) groups excluding carboxylic acids is 2. The topological polar surface area (TPSA) is 61.9 Å². The Morgan fingerprint density at radius 2 is 1.75 bits per heavy atom. The third-order valence-corrected chi connectivity index (χ3v) is 4.99. The van der Waals surface area contributed by atoms with Crippen molar-refractivity contribution in [3.63, 3.8) is 0 Å². The van der Waals surface area contributed by atoms with Crippen molar-refractivity contribution in [1.82, 2.24) is 9.80 Å². The fourth-order valence-electron chi connectivity index (χ4n) is 3.25. The molecule has 2 aromatic rings. The summed E-state index contributed by atoms with van der Waals surface area (Å²) in [6.45, 7) is 3.15. The second-order valence-electron chi connectivity index (χ2n) is 7.04. The highest BCUT2D eigenvalue weighted by atomic mass is 16.5. The number of nitrogens with one attached hydrogen (secondary N) is 1. The number of anilines is 1. The van der Waals surface area contributed by atoms with Crippen LogP contribution in [0.1, 0.15) is 22.3 Å². The van der Waals surface area contributed by atoms with Crippen molar-refractivity contribution in [2.75, 3.05) is 45.7 Å². The van der Waals surface area contributed by atoms with Gasteiger partial charge in [0.05, 0.1) is 12.8 Å². The number of aryl methyl sites for hydroxylation is 1. The van der Waals surface area contributed by atoms with E-state index in [9.17, 15) is 9.59 Å². The van der Waals surface area contributed by atoms with Crippen LogP contribution in [-0.4, -0.2) is 62.0 Å². The largest absolute Gasteiger partial charge is 0.495 e. The van der Waals surface area contributed by atoms with Crippen LogP contribution in [0, 0.1) is 0 Å². The number of rotatable bonds is 6. The number of ether oxygens (including phenoxy) is 1. The molecule has 6 nitrogen and oxygen atoms in total. The average molecular weight is 381 g/mol. The quantitative estimate of drug-likeness (QED) is 0.836. The van der Waals surface area contributed by atoms with E-state index < -0.39 is 0 Å². The van der Waals surface area contributed by atoms with Crippen molar-refractivity contribution < 1.29 is 14.3 Å². The fourth-order valence-corrected chi connectivity index (χ4v) is 3.25. The molecule has 1 N–H and O–H groups in total. The minimum Gasteiger partial charge on any atom is -0.495 e. The Morgan fingerprint density at radius 1 is 1.04 bits per heavy atom. The monoisotopic (exact) mass is 381 g/mol. The summed E-state index contributed by atoms with van der Waals surface area (Å²) < 4.78 is 5.36. The smallest absolute Gasteiger partial charge is 0.254 e. The van der Waals surface area contributed by atoms with Crippen LogP contribution in [0.4, 0.5) is 5.69 Å². The number of benzene rings is 2. The van der Waals surface area contributed by atoms with E-state index in [4.69, 9.17) is 4.74 Å². The molecule has 2 amide bonds. The lowest BCUT2D eigenvalue weighted by Crippen LogP contribution is -2.47. The number of hydrogen-bond acceptors (Lipinski definition) is 4. The Kier molecular flexibility index (Phi) is 6.66. The van der Waals surface area contributed by atoms with Crippen LogP contribution in [0.2, 0.25) is 0 Å². The van der Waals surface area contributed by atoms with Crippen LogP contribution < -0.4 is 10.1 Å². The molecule has 1 saturated heterocycles. The van der Waals surface area contributed by atoms with Gasteiger partial charge < -0.3 is 19.9 Å². The normalized spacial score (nSPS) is 14.6. The number of hydrogen-bond donors (Lipinski definition) is 1. The second kappa shape index (κ2) is 9.37. The summed E-state index contributed by atoms with van der Waals surface area (Å²) in [5.74, 6) is 0.421. The Bertz CT molecular complexity index is 815. The van der Waals surface area contributed by atoms with Gasteiger partial charge >= 0.3 is 0 Å². The molecule has 0 radical (unpaired) electrons. The molecule has 0 bridgehead atoms. The van der Waals surface area contributed by atoms with Crippen molar-refractivity contribution in [3.05, 3.63) is 59.7 Å². The molecule has 0 atom stereocenters. The maximum Gasteiger partial charge on any atom is 0.254 e. The fraction of sp³-hybridized carbons (Fsp3) is 0.364. The lowest BCUT2D eigenvalue weighted by atomic mass is 10.1. The van der Waals surface area contributed by atoms with Crippen molar-refractivity contribution in [3.8, 4) is 5.75 Å². The van der Waals surface area contributed by atoms with Crippen molar-refractivity contribution >= 4 is 17.5 Å². The summed E-state index contributed by atoms with van der Waals surface area (Å²) in [5, 5.41) is 2.89. The molecule has 148 valence electrons. The minimum absolute atomic E-state index is 0.0180. The number of piperazine rings is 1. The molecular weight excluding hydrogens is 354 g/mol. The highest BCUT2D eigenvalue weighted by Crippen LogP contribution is 2.26. The summed E-state index contributed by atoms with van der Waals surface area (Å²) in [6.07, 6.45) is 1.03. The molecule has 0 aromatic heterocycles. The first-order valence-electron chi connectivity index (χ1n) is 9.56. The predicted octanol–water partition coefficient (Wildman–Crippen LogP) is 2.65. The van der Waals surface area contributed by atoms with Gasteiger partial charge in [0.25, 0.3) is 5.91 Å². The highest BCUT2D eigenvalue weighted by Gasteiger charge is 2.21. The van der Waals surface area contributed by atoms with Crippen molar-refractivity contribution in [1.29, 1.82) is 0 Å². The van der Waals surface area contributed by atoms with Gasteiger partial charge in [-0.05, 0) is 37.2 Å². The average Bonchev–Trinajstić information content (AvgIpc) is 2.73. The van der Waals surface area contributed by atoms with Gasteiger partial charge in [-0.2, -0.15) is 0 Å². The van der Waals surface area contributed by atoms with Crippen molar-refractivity contribution in [2.24, 2.45) is 0 Å². The summed E-state index contributed by atoms with van der Waals surface area (Å²) in [6, 6.07) is 15.1. The van der Waals surface area contributed by atoms with Crippen LogP contribution in [0.15, 0.2) is 48.5 Å². The maximum atomic E-state index is 12.8. The maximum absolute atomic E-state index is 12.8. The third-order valence-electron chi connectivity index (χ3n) is 4.99. The SMILES string of the molecule is COc1ccc(C(=O)N2CCN(C)CC2)cc1NC(=O)CCc1ccccc1. The molecule has 1 aliphatic heterocycles. The summed E-state index contributed by atoms with van der Waals surface area (Å²) in [5.41, 5.74) is 2.20. The Morgan fingerprint density at radius 3 is 2.43 bits per heavy atom. The van der Waals surface area contributed by atoms with Gasteiger partial charge in [-0.3, -0.25) is 9.59 Å². The summed E-state index contributed by atoms with van der Waals surface area (Å²) in [4.78, 5) is 29.3. The molecule has 1 aliphatic rings. The molecule has 6 heteroatoms. The Labute approximate surface area is 166 Å². The first kappa shape index (κ1) is 19.9. The molecular formula is C22H27N3O3. The van der Waals surface area contributed by atoms with E-state index in [0.29, 0.717) is 42.9 Å². The van der Waals surface area contributed by atoms with Crippen LogP contribution in [0.25, 0.3) is 0 Å². The highest BCUT2D eigenvalue weighted by molar-refractivity contribution is 5.98. The lowest BCUT2D eigenvalue weighted by molar-refractivity contribution is -0.116. The molecule has 0 aliphatic carbocycles. The molecule has 3 rings (SSSR count). The standard InChI is InChI=1S/C22H27N3O3/c1-24-12-14-25(15-13-24)22(27)18-9-10-20(28-2)19(16-18)23-21(26)11-8-17-6-4-3-5-7-17/h3-7,9-10,16H,8,11-15H2,1-2H3,(H,23,26). The van der Waals surface area contributed by atoms with E-state index >= 15 is 0 Å². The summed E-state index contributed by atoms with van der Waals surface area (Å²) >= 11 is 0. The van der Waals surface area contributed by atoms with Gasteiger partial charge in [0.2, 0.25) is 5.91 Å². The van der Waals surface area contributed by atoms with Gasteiger partial charge in [-0.1, -0.05) is 30.3 Å². The van der Waals surface area contributed by atoms with Gasteiger partial charge in [0.15, 0.2) is 0 Å². The van der Waals surface area contributed by atoms with Crippen LogP contribution in [0.5, 0.6) is 5.75 Å². The van der Waals surface area contributed by atoms with E-state index in [1.807, 2.05) is 35.2 Å². The van der Waals surface area contributed by atoms with E-state index in [0.717, 1.165) is 18.7 Å². The first-order chi connectivity index (χ1) is 13.6. The number of methoxy groups -OCH3 is 1. The van der Waals surface area contributed by atoms with E-state index in [-0.39, 0.29) is 11.8 Å². The Hall–Kier alpha value is -2.86. The predicted molar refractivity (Wildman–Crippen MR) is 110 cm³/mol. The molecule has 0 saturated carbocycles. The number of amides is 2. The van der Waals surface area contributed by atoms with Crippen LogP contribution >= 0.6 is 0 Å². The second-order valence-corrected chi connectivity index (χ2v) is 7.04. The van der Waals surface area contributed by atoms with Gasteiger partial charge in [-0.25, -0.2) is 0 Å². The van der Waals surface area contributed by atoms with Crippen LogP contribution in [0.3, 0.4) is 0 Å². The summed E-state index contributed by atoms with van der Waals surface area (Å²) in [7, 11) is 3.61. The molecule has 0 unspecified atom stereocenters. The van der Waals surface area contributed by atoms with Crippen molar-refractivity contribution in [2.45, 2.75) is 12.8 Å². The Balaban J connectivity index is 1.66. The number of nitrogens with zero attached hydrogens (tertiary/aromatic N) is 2. The third kappa shape index (κ3) is 5.10. The molecule has 28 heavy (non-hydrogen) atoms.